The fourth-order valence-electron chi connectivity index (χ4n) is 2.79. The summed E-state index contributed by atoms with van der Waals surface area (Å²) >= 11 is 0. The van der Waals surface area contributed by atoms with Crippen LogP contribution in [-0.4, -0.2) is 0 Å². The van der Waals surface area contributed by atoms with Gasteiger partial charge in [0.05, 0.1) is 22.3 Å². The van der Waals surface area contributed by atoms with Crippen molar-refractivity contribution in [1.29, 1.82) is 0 Å². The van der Waals surface area contributed by atoms with Crippen LogP contribution in [-0.2, 0) is 31.1 Å². The van der Waals surface area contributed by atoms with E-state index in [0.717, 1.165) is 0 Å². The fourth-order valence-corrected chi connectivity index (χ4v) is 2.79. The third-order valence-corrected chi connectivity index (χ3v) is 3.93. The maximum Gasteiger partial charge on any atom is 0.416 e. The summed E-state index contributed by atoms with van der Waals surface area (Å²) in [4.78, 5) is 0. The van der Waals surface area contributed by atoms with Gasteiger partial charge in [-0.05, 0) is 41.8 Å². The van der Waals surface area contributed by atoms with E-state index >= 15 is 0 Å². The van der Waals surface area contributed by atoms with E-state index in [0.29, 0.717) is 12.1 Å². The lowest BCUT2D eigenvalue weighted by atomic mass is 9.89. The van der Waals surface area contributed by atoms with Crippen LogP contribution in [0.5, 0.6) is 0 Å². The second-order valence-electron chi connectivity index (χ2n) is 5.83. The Balaban J connectivity index is 2.88. The lowest BCUT2D eigenvalue weighted by Crippen LogP contribution is -2.21. The van der Waals surface area contributed by atoms with E-state index in [2.05, 4.69) is 0 Å². The molecule has 0 fully saturated rings. The number of halogens is 12. The van der Waals surface area contributed by atoms with Gasteiger partial charge in [0, 0.05) is 0 Å². The van der Waals surface area contributed by atoms with Gasteiger partial charge in [0.15, 0.2) is 0 Å². The molecule has 0 radical (unpaired) electrons. The Morgan fingerprint density at radius 1 is 0.414 bits per heavy atom. The highest BCUT2D eigenvalue weighted by Crippen LogP contribution is 2.44. The summed E-state index contributed by atoms with van der Waals surface area (Å²) in [5, 5.41) is 0. The Labute approximate surface area is 154 Å². The number of rotatable bonds is 2. The number of benzene rings is 2. The highest BCUT2D eigenvalue weighted by Gasteiger charge is 2.44. The average Bonchev–Trinajstić information content (AvgIpc) is 2.51. The Kier molecular flexibility index (Phi) is 5.63. The minimum Gasteiger partial charge on any atom is -0.166 e. The summed E-state index contributed by atoms with van der Waals surface area (Å²) in [6, 6.07) is 1.38. The smallest absolute Gasteiger partial charge is 0.166 e. The van der Waals surface area contributed by atoms with Crippen molar-refractivity contribution in [3.05, 3.63) is 69.8 Å². The lowest BCUT2D eigenvalue weighted by molar-refractivity contribution is -0.144. The van der Waals surface area contributed by atoms with Gasteiger partial charge in [0.2, 0.25) is 0 Å². The molecule has 2 rings (SSSR count). The molecule has 0 aromatic heterocycles. The van der Waals surface area contributed by atoms with Gasteiger partial charge in [-0.1, -0.05) is 12.1 Å². The molecule has 0 heterocycles. The molecule has 0 unspecified atom stereocenters. The van der Waals surface area contributed by atoms with Crippen molar-refractivity contribution >= 4 is 0 Å². The van der Waals surface area contributed by atoms with Crippen LogP contribution in [0.1, 0.15) is 33.4 Å². The van der Waals surface area contributed by atoms with Crippen molar-refractivity contribution in [1.82, 2.24) is 0 Å². The molecule has 0 bridgehead atoms. The Morgan fingerprint density at radius 3 is 0.793 bits per heavy atom. The first-order valence-corrected chi connectivity index (χ1v) is 7.46. The predicted molar refractivity (Wildman–Crippen MR) is 75.7 cm³/mol. The normalized spacial score (nSPS) is 13.7. The van der Waals surface area contributed by atoms with Crippen LogP contribution in [0.2, 0.25) is 0 Å². The topological polar surface area (TPSA) is 0 Å². The van der Waals surface area contributed by atoms with Gasteiger partial charge in [-0.3, -0.25) is 0 Å². The van der Waals surface area contributed by atoms with E-state index in [-0.39, 0.29) is 24.3 Å². The minimum absolute atomic E-state index is 0.161. The molecule has 0 aliphatic rings. The molecule has 160 valence electrons. The van der Waals surface area contributed by atoms with Crippen LogP contribution in [0.3, 0.4) is 0 Å². The molecular formula is C17H8F12. The molecule has 0 N–H and O–H groups in total. The Hall–Kier alpha value is -2.40. The molecule has 0 nitrogen and oxygen atoms in total. The molecule has 0 atom stereocenters. The second-order valence-corrected chi connectivity index (χ2v) is 5.83. The highest BCUT2D eigenvalue weighted by molar-refractivity contribution is 5.47. The number of alkyl halides is 12. The van der Waals surface area contributed by atoms with Crippen molar-refractivity contribution in [2.24, 2.45) is 0 Å². The summed E-state index contributed by atoms with van der Waals surface area (Å²) in [6.45, 7) is 0. The largest absolute Gasteiger partial charge is 0.416 e. The molecule has 2 aromatic carbocycles. The van der Waals surface area contributed by atoms with Gasteiger partial charge < -0.3 is 0 Å². The van der Waals surface area contributed by atoms with Gasteiger partial charge in [0.25, 0.3) is 0 Å². The van der Waals surface area contributed by atoms with E-state index in [1.807, 2.05) is 0 Å². The molecule has 2 aromatic rings. The first-order chi connectivity index (χ1) is 12.9. The van der Waals surface area contributed by atoms with Gasteiger partial charge >= 0.3 is 24.7 Å². The van der Waals surface area contributed by atoms with E-state index in [9.17, 15) is 52.7 Å². The van der Waals surface area contributed by atoms with Crippen LogP contribution in [0, 0.1) is 0 Å². The summed E-state index contributed by atoms with van der Waals surface area (Å²) < 4.78 is 158. The van der Waals surface area contributed by atoms with Gasteiger partial charge in [-0.25, -0.2) is 0 Å². The number of hydrogen-bond donors (Lipinski definition) is 0. The van der Waals surface area contributed by atoms with Crippen molar-refractivity contribution in [3.8, 4) is 0 Å². The second kappa shape index (κ2) is 7.13. The van der Waals surface area contributed by atoms with Crippen LogP contribution in [0.15, 0.2) is 36.4 Å². The third-order valence-electron chi connectivity index (χ3n) is 3.93. The maximum absolute atomic E-state index is 13.2. The summed E-state index contributed by atoms with van der Waals surface area (Å²) in [6.07, 6.45) is -23.6. The van der Waals surface area contributed by atoms with Crippen molar-refractivity contribution in [3.63, 3.8) is 0 Å². The summed E-state index contributed by atoms with van der Waals surface area (Å²) in [5.41, 5.74) is -11.4. The predicted octanol–water partition coefficient (Wildman–Crippen LogP) is 7.35. The molecular weight excluding hydrogens is 432 g/mol. The Bertz CT molecular complexity index is 743. The molecule has 29 heavy (non-hydrogen) atoms. The van der Waals surface area contributed by atoms with E-state index in [1.165, 1.54) is 0 Å². The Morgan fingerprint density at radius 2 is 0.621 bits per heavy atom. The van der Waals surface area contributed by atoms with Gasteiger partial charge in [0.1, 0.15) is 0 Å². The van der Waals surface area contributed by atoms with E-state index in [1.54, 1.807) is 0 Å². The fraction of sp³-hybridized carbons (Fsp3) is 0.294. The molecule has 0 aliphatic heterocycles. The van der Waals surface area contributed by atoms with Crippen LogP contribution in [0.25, 0.3) is 0 Å². The molecule has 0 spiro atoms. The maximum atomic E-state index is 13.2. The molecule has 0 saturated heterocycles. The van der Waals surface area contributed by atoms with Gasteiger partial charge in [-0.2, -0.15) is 52.7 Å². The summed E-state index contributed by atoms with van der Waals surface area (Å²) in [7, 11) is 0. The average molecular weight is 440 g/mol. The molecule has 0 saturated carbocycles. The van der Waals surface area contributed by atoms with Crippen LogP contribution >= 0.6 is 0 Å². The molecule has 12 heteroatoms. The highest BCUT2D eigenvalue weighted by atomic mass is 19.4. The first-order valence-electron chi connectivity index (χ1n) is 7.46. The van der Waals surface area contributed by atoms with Gasteiger partial charge in [-0.15, -0.1) is 0 Å². The zero-order valence-electron chi connectivity index (χ0n) is 13.7. The minimum atomic E-state index is -5.44. The van der Waals surface area contributed by atoms with E-state index in [4.69, 9.17) is 0 Å². The number of hydrogen-bond acceptors (Lipinski definition) is 0. The molecule has 0 amide bonds. The third kappa shape index (κ3) is 4.96. The summed E-state index contributed by atoms with van der Waals surface area (Å²) in [5.74, 6) is 0. The lowest BCUT2D eigenvalue weighted by Gasteiger charge is -2.23. The monoisotopic (exact) mass is 440 g/mol. The zero-order valence-corrected chi connectivity index (χ0v) is 13.7. The van der Waals surface area contributed by atoms with Crippen molar-refractivity contribution in [2.45, 2.75) is 31.1 Å². The standard InChI is InChI=1S/C17H8F12/c18-14(19,20)10-3-1-4-11(15(21,22)23)8(10)7-9-12(16(24,25)26)5-2-6-13(9)17(27,28)29/h1-6H,7H2. The quantitative estimate of drug-likeness (QED) is 0.429. The SMILES string of the molecule is FC(F)(F)c1cccc(C(F)(F)F)c1Cc1c(C(F)(F)F)cccc1C(F)(F)F. The van der Waals surface area contributed by atoms with Crippen molar-refractivity contribution in [2.75, 3.05) is 0 Å². The molecule has 0 aliphatic carbocycles. The van der Waals surface area contributed by atoms with Crippen LogP contribution < -0.4 is 0 Å². The zero-order chi connectivity index (χ0) is 22.4. The van der Waals surface area contributed by atoms with Crippen LogP contribution in [0.4, 0.5) is 52.7 Å². The van der Waals surface area contributed by atoms with E-state index < -0.39 is 64.5 Å². The first kappa shape index (κ1) is 22.9. The van der Waals surface area contributed by atoms with Crippen molar-refractivity contribution < 1.29 is 52.7 Å².